The Balaban J connectivity index is 1.41. The van der Waals surface area contributed by atoms with Crippen LogP contribution < -0.4 is 0 Å². The molecule has 208 valence electrons. The van der Waals surface area contributed by atoms with E-state index < -0.39 is 13.2 Å². The van der Waals surface area contributed by atoms with Crippen molar-refractivity contribution >= 4 is 7.60 Å². The predicted octanol–water partition coefficient (Wildman–Crippen LogP) is 5.87. The summed E-state index contributed by atoms with van der Waals surface area (Å²) in [7, 11) is 1.18. The molecule has 1 heterocycles. The maximum absolute atomic E-state index is 13.5. The van der Waals surface area contributed by atoms with Gasteiger partial charge in [-0.25, -0.2) is 0 Å². The van der Waals surface area contributed by atoms with Crippen LogP contribution in [0.1, 0.15) is 65.2 Å². The van der Waals surface area contributed by atoms with Gasteiger partial charge in [0.1, 0.15) is 5.44 Å². The Hall–Kier alpha value is -1.11. The molecule has 0 bridgehead atoms. The number of rotatable bonds is 7. The van der Waals surface area contributed by atoms with Crippen molar-refractivity contribution in [2.75, 3.05) is 47.6 Å². The van der Waals surface area contributed by atoms with Crippen molar-refractivity contribution in [2.45, 2.75) is 70.8 Å². The van der Waals surface area contributed by atoms with Crippen LogP contribution in [-0.2, 0) is 23.1 Å². The highest BCUT2D eigenvalue weighted by molar-refractivity contribution is 7.58. The molecular formula is C29H46NO6P. The molecule has 37 heavy (non-hydrogen) atoms. The van der Waals surface area contributed by atoms with Crippen LogP contribution in [0, 0.1) is 28.6 Å². The van der Waals surface area contributed by atoms with Crippen molar-refractivity contribution in [2.24, 2.45) is 28.6 Å². The zero-order valence-electron chi connectivity index (χ0n) is 23.3. The molecule has 0 aromatic heterocycles. The van der Waals surface area contributed by atoms with E-state index in [1.54, 1.807) is 7.11 Å². The van der Waals surface area contributed by atoms with E-state index in [4.69, 9.17) is 18.5 Å². The third kappa shape index (κ3) is 4.37. The number of methoxy groups -OCH3 is 1. The van der Waals surface area contributed by atoms with Gasteiger partial charge in [-0.1, -0.05) is 19.9 Å². The number of hydrogen-bond acceptors (Lipinski definition) is 7. The maximum atomic E-state index is 13.5. The lowest BCUT2D eigenvalue weighted by molar-refractivity contribution is -0.120. The zero-order valence-corrected chi connectivity index (χ0v) is 24.2. The van der Waals surface area contributed by atoms with E-state index in [1.165, 1.54) is 19.8 Å². The molecule has 0 amide bonds. The third-order valence-electron chi connectivity index (χ3n) is 11.0. The number of hydrogen-bond donors (Lipinski definition) is 1. The first-order chi connectivity index (χ1) is 17.6. The number of allylic oxidation sites excluding steroid dienone is 4. The summed E-state index contributed by atoms with van der Waals surface area (Å²) in [4.78, 5) is 2.05. The van der Waals surface area contributed by atoms with Crippen molar-refractivity contribution in [3.8, 4) is 0 Å². The minimum atomic E-state index is -3.46. The van der Waals surface area contributed by atoms with Crippen molar-refractivity contribution in [3.05, 3.63) is 35.0 Å². The smallest absolute Gasteiger partial charge is 0.376 e. The van der Waals surface area contributed by atoms with Crippen LogP contribution in [0.15, 0.2) is 35.0 Å². The van der Waals surface area contributed by atoms with E-state index in [-0.39, 0.29) is 10.8 Å². The highest BCUT2D eigenvalue weighted by Crippen LogP contribution is 2.68. The Kier molecular flexibility index (Phi) is 7.52. The Labute approximate surface area is 222 Å². The Bertz CT molecular complexity index is 1010. The normalized spacial score (nSPS) is 40.3. The van der Waals surface area contributed by atoms with E-state index >= 15 is 0 Å². The SMILES string of the molecule is COC1=CC2=CC[C@@H]3[C@H](CC[C@@]4(C)[C@H]3CC[C@@]4(O)CC=C(N3CCOCC3)P(=O)(OC)OC)[C@@]2(C)CC1. The van der Waals surface area contributed by atoms with Gasteiger partial charge in [-0.3, -0.25) is 4.57 Å². The zero-order chi connectivity index (χ0) is 26.5. The van der Waals surface area contributed by atoms with E-state index in [0.29, 0.717) is 55.9 Å². The average Bonchev–Trinajstić information content (AvgIpc) is 3.19. The van der Waals surface area contributed by atoms with Crippen LogP contribution in [0.2, 0.25) is 0 Å². The summed E-state index contributed by atoms with van der Waals surface area (Å²) >= 11 is 0. The fourth-order valence-electron chi connectivity index (χ4n) is 8.63. The average molecular weight is 536 g/mol. The van der Waals surface area contributed by atoms with Gasteiger partial charge in [0.05, 0.1) is 31.7 Å². The molecule has 1 aliphatic heterocycles. The number of morpholine rings is 1. The lowest BCUT2D eigenvalue weighted by Gasteiger charge is -2.58. The number of fused-ring (bicyclic) bond motifs is 5. The molecule has 0 radical (unpaired) electrons. The minimum Gasteiger partial charge on any atom is -0.501 e. The lowest BCUT2D eigenvalue weighted by atomic mass is 9.47. The molecule has 1 N–H and O–H groups in total. The highest BCUT2D eigenvalue weighted by atomic mass is 31.2. The van der Waals surface area contributed by atoms with Gasteiger partial charge in [0.15, 0.2) is 0 Å². The Morgan fingerprint density at radius 1 is 1.14 bits per heavy atom. The summed E-state index contributed by atoms with van der Waals surface area (Å²) < 4.78 is 35.5. The molecule has 8 heteroatoms. The van der Waals surface area contributed by atoms with E-state index in [1.807, 2.05) is 11.0 Å². The second-order valence-electron chi connectivity index (χ2n) is 12.3. The van der Waals surface area contributed by atoms with Crippen molar-refractivity contribution < 1.29 is 28.2 Å². The van der Waals surface area contributed by atoms with Crippen molar-refractivity contribution in [1.29, 1.82) is 0 Å². The van der Waals surface area contributed by atoms with Gasteiger partial charge < -0.3 is 28.5 Å². The first-order valence-corrected chi connectivity index (χ1v) is 15.6. The number of aliphatic hydroxyl groups is 1. The number of nitrogens with zero attached hydrogens (tertiary/aromatic N) is 1. The predicted molar refractivity (Wildman–Crippen MR) is 144 cm³/mol. The monoisotopic (exact) mass is 535 g/mol. The molecular weight excluding hydrogens is 489 g/mol. The summed E-state index contributed by atoms with van der Waals surface area (Å²) in [5.74, 6) is 2.82. The van der Waals surface area contributed by atoms with E-state index in [2.05, 4.69) is 26.0 Å². The Morgan fingerprint density at radius 2 is 1.84 bits per heavy atom. The van der Waals surface area contributed by atoms with Crippen molar-refractivity contribution in [3.63, 3.8) is 0 Å². The summed E-state index contributed by atoms with van der Waals surface area (Å²) in [5.41, 5.74) is 1.21. The fourth-order valence-corrected chi connectivity index (χ4v) is 10.0. The molecule has 0 aromatic carbocycles. The molecule has 6 atom stereocenters. The molecule has 4 aliphatic carbocycles. The Morgan fingerprint density at radius 3 is 2.51 bits per heavy atom. The first kappa shape index (κ1) is 27.5. The van der Waals surface area contributed by atoms with Crippen LogP contribution in [0.5, 0.6) is 0 Å². The molecule has 5 rings (SSSR count). The van der Waals surface area contributed by atoms with Gasteiger partial charge in [0.2, 0.25) is 0 Å². The molecule has 0 spiro atoms. The summed E-state index contributed by atoms with van der Waals surface area (Å²) in [6, 6.07) is 0. The third-order valence-corrected chi connectivity index (χ3v) is 13.0. The largest absolute Gasteiger partial charge is 0.501 e. The van der Waals surface area contributed by atoms with Crippen LogP contribution in [0.4, 0.5) is 0 Å². The molecule has 3 fully saturated rings. The van der Waals surface area contributed by atoms with Crippen LogP contribution in [0.3, 0.4) is 0 Å². The molecule has 5 aliphatic rings. The second-order valence-corrected chi connectivity index (χ2v) is 14.4. The van der Waals surface area contributed by atoms with Gasteiger partial charge in [-0.2, -0.15) is 0 Å². The minimum absolute atomic E-state index is 0.172. The van der Waals surface area contributed by atoms with Crippen LogP contribution in [0.25, 0.3) is 0 Å². The lowest BCUT2D eigenvalue weighted by Crippen LogP contribution is -2.54. The van der Waals surface area contributed by atoms with Crippen LogP contribution in [-0.4, -0.2) is 63.2 Å². The topological polar surface area (TPSA) is 77.5 Å². The van der Waals surface area contributed by atoms with E-state index in [9.17, 15) is 9.67 Å². The van der Waals surface area contributed by atoms with Crippen molar-refractivity contribution in [1.82, 2.24) is 4.90 Å². The van der Waals surface area contributed by atoms with Gasteiger partial charge in [0.25, 0.3) is 0 Å². The fraction of sp³-hybridized carbons (Fsp3) is 0.793. The molecule has 0 aromatic rings. The van der Waals surface area contributed by atoms with Gasteiger partial charge in [-0.15, -0.1) is 0 Å². The van der Waals surface area contributed by atoms with Gasteiger partial charge in [0, 0.05) is 33.7 Å². The van der Waals surface area contributed by atoms with Crippen LogP contribution >= 0.6 is 7.60 Å². The highest BCUT2D eigenvalue weighted by Gasteiger charge is 2.63. The summed E-state index contributed by atoms with van der Waals surface area (Å²) in [5, 5.41) is 12.3. The molecule has 0 unspecified atom stereocenters. The summed E-state index contributed by atoms with van der Waals surface area (Å²) in [6.45, 7) is 7.21. The second kappa shape index (κ2) is 10.1. The van der Waals surface area contributed by atoms with Gasteiger partial charge in [-0.05, 0) is 91.3 Å². The molecule has 1 saturated heterocycles. The van der Waals surface area contributed by atoms with Gasteiger partial charge >= 0.3 is 7.60 Å². The number of ether oxygens (including phenoxy) is 2. The maximum Gasteiger partial charge on any atom is 0.376 e. The molecule has 7 nitrogen and oxygen atoms in total. The molecule has 2 saturated carbocycles. The standard InChI is InChI=1S/C29H46NO6P/c1-27-12-8-22(33-3)20-21(27)6-7-23-24(27)9-13-28(2)25(23)10-14-29(28,31)15-11-26(37(32,34-4)35-5)30-16-18-36-19-17-30/h6,11,20,23-25,31H,7-10,12-19H2,1-5H3/t23-,24+,25+,27+,28+,29-/m1/s1. The summed E-state index contributed by atoms with van der Waals surface area (Å²) in [6.07, 6.45) is 14.4. The quantitative estimate of drug-likeness (QED) is 0.409. The van der Waals surface area contributed by atoms with E-state index in [0.717, 1.165) is 50.7 Å². The first-order valence-electron chi connectivity index (χ1n) is 14.1.